The molecule has 1 aliphatic heterocycles. The van der Waals surface area contributed by atoms with E-state index in [1.54, 1.807) is 0 Å². The molecule has 6 nitrogen and oxygen atoms in total. The summed E-state index contributed by atoms with van der Waals surface area (Å²) < 4.78 is 13.4. The minimum atomic E-state index is -3.51. The molecule has 0 unspecified atom stereocenters. The maximum Gasteiger partial charge on any atom is 0.471 e. The van der Waals surface area contributed by atoms with Gasteiger partial charge in [-0.05, 0) is 25.7 Å². The van der Waals surface area contributed by atoms with Crippen LogP contribution in [0.15, 0.2) is 60.7 Å². The zero-order chi connectivity index (χ0) is 29.5. The molecule has 0 amide bonds. The first-order valence-electron chi connectivity index (χ1n) is 17.5. The van der Waals surface area contributed by atoms with Crippen LogP contribution in [0.3, 0.4) is 0 Å². The zero-order valence-corrected chi connectivity index (χ0v) is 27.3. The molecule has 0 atom stereocenters. The smallest absolute Gasteiger partial charge is 0.234 e. The fraction of sp³-hybridized carbons (Fsp3) is 0.667. The van der Waals surface area contributed by atoms with E-state index >= 15 is 0 Å². The summed E-state index contributed by atoms with van der Waals surface area (Å²) in [7, 11) is -3.51. The minimum Gasteiger partial charge on any atom is -0.234 e. The Morgan fingerprint density at radius 1 is 0.349 bits per heavy atom. The van der Waals surface area contributed by atoms with Crippen molar-refractivity contribution in [2.24, 2.45) is 0 Å². The molecule has 5 rings (SSSR count). The van der Waals surface area contributed by atoms with Gasteiger partial charge in [0.2, 0.25) is 11.6 Å². The van der Waals surface area contributed by atoms with Crippen molar-refractivity contribution in [3.05, 3.63) is 60.7 Å². The second-order valence-corrected chi connectivity index (χ2v) is 15.8. The maximum absolute atomic E-state index is 6.70. The van der Waals surface area contributed by atoms with Gasteiger partial charge in [-0.2, -0.15) is 9.78 Å². The highest BCUT2D eigenvalue weighted by Gasteiger charge is 2.53. The van der Waals surface area contributed by atoms with Gasteiger partial charge in [-0.25, -0.2) is 18.9 Å². The predicted molar refractivity (Wildman–Crippen MR) is 171 cm³/mol. The maximum atomic E-state index is 6.70. The molecule has 0 N–H and O–H groups in total. The van der Waals surface area contributed by atoms with Crippen molar-refractivity contribution in [1.29, 1.82) is 0 Å². The lowest BCUT2D eigenvalue weighted by Crippen LogP contribution is -2.64. The molecular formula is C36H54O6Si. The fourth-order valence-corrected chi connectivity index (χ4v) is 9.32. The van der Waals surface area contributed by atoms with Gasteiger partial charge >= 0.3 is 8.56 Å². The normalized spacial score (nSPS) is 25.0. The Hall–Kier alpha value is -1.58. The summed E-state index contributed by atoms with van der Waals surface area (Å²) in [5.41, 5.74) is 0. The van der Waals surface area contributed by atoms with E-state index in [9.17, 15) is 0 Å². The molecule has 3 aliphatic rings. The molecule has 43 heavy (non-hydrogen) atoms. The number of rotatable bonds is 2. The van der Waals surface area contributed by atoms with Gasteiger partial charge < -0.3 is 0 Å². The van der Waals surface area contributed by atoms with E-state index in [0.717, 1.165) is 61.7 Å². The molecule has 2 spiro atoms. The SMILES string of the molecule is c1ccc([Si]2(c3ccccc3)OOC3(CCCCCCCCCCC3)OOC3(CCCCCCCCCCC3)OO2)cc1. The van der Waals surface area contributed by atoms with E-state index < -0.39 is 20.1 Å². The highest BCUT2D eigenvalue weighted by molar-refractivity contribution is 6.92. The molecule has 3 fully saturated rings. The van der Waals surface area contributed by atoms with Gasteiger partial charge in [-0.15, -0.1) is 0 Å². The highest BCUT2D eigenvalue weighted by atomic mass is 28.4. The summed E-state index contributed by atoms with van der Waals surface area (Å²) in [6.07, 6.45) is 24.2. The Balaban J connectivity index is 1.53. The third-order valence-corrected chi connectivity index (χ3v) is 12.3. The molecule has 2 saturated carbocycles. The van der Waals surface area contributed by atoms with Gasteiger partial charge in [0, 0.05) is 36.1 Å². The second-order valence-electron chi connectivity index (χ2n) is 13.0. The Kier molecular flexibility index (Phi) is 13.1. The van der Waals surface area contributed by atoms with Crippen LogP contribution >= 0.6 is 0 Å². The van der Waals surface area contributed by atoms with Gasteiger partial charge in [0.25, 0.3) is 0 Å². The second kappa shape index (κ2) is 17.2. The van der Waals surface area contributed by atoms with Crippen molar-refractivity contribution in [1.82, 2.24) is 0 Å². The van der Waals surface area contributed by atoms with Crippen LogP contribution in [0.2, 0.25) is 0 Å². The van der Waals surface area contributed by atoms with E-state index in [2.05, 4.69) is 24.3 Å². The molecule has 2 aliphatic carbocycles. The van der Waals surface area contributed by atoms with Crippen LogP contribution in [-0.2, 0) is 28.7 Å². The van der Waals surface area contributed by atoms with Gasteiger partial charge in [0.1, 0.15) is 0 Å². The van der Waals surface area contributed by atoms with Crippen LogP contribution in [0.1, 0.15) is 141 Å². The van der Waals surface area contributed by atoms with E-state index in [4.69, 9.17) is 28.7 Å². The predicted octanol–water partition coefficient (Wildman–Crippen LogP) is 9.10. The summed E-state index contributed by atoms with van der Waals surface area (Å²) >= 11 is 0. The molecular weight excluding hydrogens is 556 g/mol. The molecule has 238 valence electrons. The van der Waals surface area contributed by atoms with Crippen molar-refractivity contribution < 1.29 is 28.7 Å². The lowest BCUT2D eigenvalue weighted by atomic mass is 9.97. The van der Waals surface area contributed by atoms with Crippen molar-refractivity contribution in [2.45, 2.75) is 153 Å². The quantitative estimate of drug-likeness (QED) is 0.250. The van der Waals surface area contributed by atoms with E-state index in [1.807, 2.05) is 36.4 Å². The summed E-state index contributed by atoms with van der Waals surface area (Å²) in [5.74, 6) is -2.07. The van der Waals surface area contributed by atoms with Crippen LogP contribution in [0, 0.1) is 0 Å². The Bertz CT molecular complexity index is 927. The Morgan fingerprint density at radius 2 is 0.628 bits per heavy atom. The number of benzene rings is 2. The standard InChI is InChI=1S/C36H54O6Si/c1-3-7-11-21-29-35(30-22-12-8-4-1)37-38-36(31-23-13-9-5-2-6-10-14-24-32-36)40-42-43(41-39-35,33-25-17-15-18-26-33)34-27-19-16-20-28-34/h15-20,25-28H,1-14,21-24,29-32H2. The third-order valence-electron chi connectivity index (χ3n) is 9.51. The zero-order valence-electron chi connectivity index (χ0n) is 26.3. The summed E-state index contributed by atoms with van der Waals surface area (Å²) in [4.78, 5) is 26.3. The van der Waals surface area contributed by atoms with Crippen molar-refractivity contribution in [2.75, 3.05) is 0 Å². The van der Waals surface area contributed by atoms with Gasteiger partial charge in [0.05, 0.1) is 0 Å². The first kappa shape index (κ1) is 32.8. The fourth-order valence-electron chi connectivity index (χ4n) is 6.77. The van der Waals surface area contributed by atoms with Gasteiger partial charge in [0.15, 0.2) is 0 Å². The summed E-state index contributed by atoms with van der Waals surface area (Å²) in [6.45, 7) is 0. The van der Waals surface area contributed by atoms with Crippen LogP contribution in [0.4, 0.5) is 0 Å². The van der Waals surface area contributed by atoms with E-state index in [0.29, 0.717) is 25.7 Å². The average molecular weight is 611 g/mol. The minimum absolute atomic E-state index is 0.705. The van der Waals surface area contributed by atoms with E-state index in [1.165, 1.54) is 64.2 Å². The average Bonchev–Trinajstić information content (AvgIpc) is 3.10. The molecule has 2 aromatic rings. The van der Waals surface area contributed by atoms with E-state index in [-0.39, 0.29) is 0 Å². The van der Waals surface area contributed by atoms with Crippen LogP contribution in [-0.4, -0.2) is 20.1 Å². The molecule has 0 radical (unpaired) electrons. The molecule has 2 aromatic carbocycles. The monoisotopic (exact) mass is 610 g/mol. The van der Waals surface area contributed by atoms with Crippen LogP contribution < -0.4 is 10.4 Å². The first-order chi connectivity index (χ1) is 21.2. The van der Waals surface area contributed by atoms with Crippen molar-refractivity contribution in [3.63, 3.8) is 0 Å². The third kappa shape index (κ3) is 9.46. The van der Waals surface area contributed by atoms with Crippen LogP contribution in [0.25, 0.3) is 0 Å². The molecule has 0 aromatic heterocycles. The molecule has 1 saturated heterocycles. The van der Waals surface area contributed by atoms with Gasteiger partial charge in [-0.3, -0.25) is 0 Å². The molecule has 0 bridgehead atoms. The Morgan fingerprint density at radius 3 is 0.930 bits per heavy atom. The largest absolute Gasteiger partial charge is 0.471 e. The lowest BCUT2D eigenvalue weighted by molar-refractivity contribution is -0.552. The molecule has 7 heteroatoms. The lowest BCUT2D eigenvalue weighted by Gasteiger charge is -2.35. The van der Waals surface area contributed by atoms with Crippen molar-refractivity contribution in [3.8, 4) is 0 Å². The summed E-state index contributed by atoms with van der Waals surface area (Å²) in [5, 5.41) is 1.85. The molecule has 1 heterocycles. The van der Waals surface area contributed by atoms with Crippen molar-refractivity contribution >= 4 is 18.9 Å². The topological polar surface area (TPSA) is 55.4 Å². The first-order valence-corrected chi connectivity index (χ1v) is 19.3. The number of hydrogen-bond acceptors (Lipinski definition) is 6. The number of hydrogen-bond donors (Lipinski definition) is 0. The van der Waals surface area contributed by atoms with Crippen LogP contribution in [0.5, 0.6) is 0 Å². The highest BCUT2D eigenvalue weighted by Crippen LogP contribution is 2.38. The Labute approximate surface area is 260 Å². The van der Waals surface area contributed by atoms with Gasteiger partial charge in [-0.1, -0.05) is 151 Å². The summed E-state index contributed by atoms with van der Waals surface area (Å²) in [6, 6.07) is 20.4.